The van der Waals surface area contributed by atoms with Crippen LogP contribution in [0.1, 0.15) is 17.4 Å². The van der Waals surface area contributed by atoms with Gasteiger partial charge in [-0.3, -0.25) is 4.79 Å². The normalized spacial score (nSPS) is 10.8. The van der Waals surface area contributed by atoms with E-state index in [1.807, 2.05) is 0 Å². The average molecular weight is 226 g/mol. The van der Waals surface area contributed by atoms with E-state index in [9.17, 15) is 4.79 Å². The molecule has 2 aromatic heterocycles. The molecule has 0 aliphatic heterocycles. The maximum absolute atomic E-state index is 10.8. The number of nitrogens with zero attached hydrogens (tertiary/aromatic N) is 1. The standard InChI is InChI=1S/C9H10N2OS2/c1-4-5(2)13-8-7(4)14-9(11-8)10-6(3)12/h1-3H3,(H,10,11,12). The lowest BCUT2D eigenvalue weighted by Gasteiger charge is -1.92. The SMILES string of the molecule is CC(=O)Nc1nc2sc(C)c(C)c2s1. The number of amides is 1. The van der Waals surface area contributed by atoms with Crippen molar-refractivity contribution in [3.05, 3.63) is 10.4 Å². The largest absolute Gasteiger partial charge is 0.302 e. The summed E-state index contributed by atoms with van der Waals surface area (Å²) in [6, 6.07) is 0. The number of fused-ring (bicyclic) bond motifs is 1. The summed E-state index contributed by atoms with van der Waals surface area (Å²) in [6.45, 7) is 5.67. The minimum atomic E-state index is -0.0687. The van der Waals surface area contributed by atoms with Crippen molar-refractivity contribution < 1.29 is 4.79 Å². The van der Waals surface area contributed by atoms with E-state index in [0.717, 1.165) is 4.83 Å². The van der Waals surface area contributed by atoms with Gasteiger partial charge < -0.3 is 5.32 Å². The predicted octanol–water partition coefficient (Wildman–Crippen LogP) is 2.93. The quantitative estimate of drug-likeness (QED) is 0.812. The molecule has 1 amide bonds. The Kier molecular flexibility index (Phi) is 2.28. The van der Waals surface area contributed by atoms with Crippen molar-refractivity contribution in [1.82, 2.24) is 4.98 Å². The van der Waals surface area contributed by atoms with Crippen molar-refractivity contribution >= 4 is 43.2 Å². The van der Waals surface area contributed by atoms with Gasteiger partial charge in [0, 0.05) is 11.8 Å². The maximum atomic E-state index is 10.8. The molecule has 0 fully saturated rings. The van der Waals surface area contributed by atoms with Crippen molar-refractivity contribution in [1.29, 1.82) is 0 Å². The van der Waals surface area contributed by atoms with Crippen LogP contribution in [0.15, 0.2) is 0 Å². The number of aryl methyl sites for hydroxylation is 2. The highest BCUT2D eigenvalue weighted by molar-refractivity contribution is 7.29. The van der Waals surface area contributed by atoms with Crippen LogP contribution in [0.25, 0.3) is 9.53 Å². The van der Waals surface area contributed by atoms with Crippen LogP contribution < -0.4 is 5.32 Å². The van der Waals surface area contributed by atoms with Crippen molar-refractivity contribution in [3.8, 4) is 0 Å². The number of anilines is 1. The molecule has 3 nitrogen and oxygen atoms in total. The summed E-state index contributed by atoms with van der Waals surface area (Å²) in [4.78, 5) is 17.5. The Bertz CT molecular complexity index is 498. The van der Waals surface area contributed by atoms with Crippen molar-refractivity contribution in [2.75, 3.05) is 5.32 Å². The van der Waals surface area contributed by atoms with E-state index in [4.69, 9.17) is 0 Å². The number of hydrogen-bond donors (Lipinski definition) is 1. The monoisotopic (exact) mass is 226 g/mol. The summed E-state index contributed by atoms with van der Waals surface area (Å²) in [6.07, 6.45) is 0. The minimum absolute atomic E-state index is 0.0687. The molecule has 0 aliphatic carbocycles. The number of thiophene rings is 1. The molecule has 2 aromatic rings. The summed E-state index contributed by atoms with van der Waals surface area (Å²) in [5.41, 5.74) is 1.28. The Morgan fingerprint density at radius 3 is 2.64 bits per heavy atom. The molecule has 74 valence electrons. The highest BCUT2D eigenvalue weighted by Crippen LogP contribution is 2.36. The first-order valence-corrected chi connectivity index (χ1v) is 5.85. The number of aromatic nitrogens is 1. The van der Waals surface area contributed by atoms with Gasteiger partial charge in [-0.2, -0.15) is 0 Å². The molecule has 0 aliphatic rings. The molecule has 5 heteroatoms. The van der Waals surface area contributed by atoms with Crippen LogP contribution in [0.2, 0.25) is 0 Å². The van der Waals surface area contributed by atoms with Gasteiger partial charge in [0.05, 0.1) is 4.70 Å². The number of rotatable bonds is 1. The first-order chi connectivity index (χ1) is 6.58. The van der Waals surface area contributed by atoms with Gasteiger partial charge in [-0.15, -0.1) is 11.3 Å². The lowest BCUT2D eigenvalue weighted by atomic mass is 10.3. The van der Waals surface area contributed by atoms with Gasteiger partial charge in [0.2, 0.25) is 5.91 Å². The number of hydrogen-bond acceptors (Lipinski definition) is 4. The van der Waals surface area contributed by atoms with E-state index in [2.05, 4.69) is 24.1 Å². The molecule has 0 radical (unpaired) electrons. The summed E-state index contributed by atoms with van der Waals surface area (Å²) < 4.78 is 1.19. The molecule has 0 atom stereocenters. The van der Waals surface area contributed by atoms with Gasteiger partial charge in [-0.05, 0) is 19.4 Å². The Morgan fingerprint density at radius 2 is 2.07 bits per heavy atom. The van der Waals surface area contributed by atoms with Crippen LogP contribution in [-0.4, -0.2) is 10.9 Å². The fourth-order valence-corrected chi connectivity index (χ4v) is 3.46. The number of carbonyl (C=O) groups excluding carboxylic acids is 1. The summed E-state index contributed by atoms with van der Waals surface area (Å²) in [7, 11) is 0. The first kappa shape index (κ1) is 9.61. The smallest absolute Gasteiger partial charge is 0.223 e. The van der Waals surface area contributed by atoms with E-state index in [1.54, 1.807) is 22.7 Å². The molecule has 0 aromatic carbocycles. The Balaban J connectivity index is 2.48. The molecule has 2 rings (SSSR count). The van der Waals surface area contributed by atoms with Crippen molar-refractivity contribution in [2.45, 2.75) is 20.8 Å². The Hall–Kier alpha value is -0.940. The second-order valence-electron chi connectivity index (χ2n) is 3.12. The molecule has 2 heterocycles. The van der Waals surface area contributed by atoms with E-state index >= 15 is 0 Å². The predicted molar refractivity (Wildman–Crippen MR) is 61.3 cm³/mol. The Labute approximate surface area is 89.8 Å². The maximum Gasteiger partial charge on any atom is 0.223 e. The lowest BCUT2D eigenvalue weighted by Crippen LogP contribution is -2.04. The molecule has 0 spiro atoms. The van der Waals surface area contributed by atoms with Gasteiger partial charge in [0.25, 0.3) is 0 Å². The first-order valence-electron chi connectivity index (χ1n) is 4.22. The third-order valence-electron chi connectivity index (χ3n) is 2.00. The number of thiazole rings is 1. The molecule has 0 saturated carbocycles. The van der Waals surface area contributed by atoms with Gasteiger partial charge in [0.15, 0.2) is 5.13 Å². The van der Waals surface area contributed by atoms with Crippen molar-refractivity contribution in [3.63, 3.8) is 0 Å². The molecule has 1 N–H and O–H groups in total. The molecule has 0 saturated heterocycles. The van der Waals surface area contributed by atoms with Crippen LogP contribution in [-0.2, 0) is 4.79 Å². The fourth-order valence-electron chi connectivity index (χ4n) is 1.20. The van der Waals surface area contributed by atoms with Gasteiger partial charge >= 0.3 is 0 Å². The van der Waals surface area contributed by atoms with Crippen LogP contribution in [0.3, 0.4) is 0 Å². The van der Waals surface area contributed by atoms with Gasteiger partial charge in [0.1, 0.15) is 4.83 Å². The topological polar surface area (TPSA) is 42.0 Å². The molecule has 14 heavy (non-hydrogen) atoms. The zero-order chi connectivity index (χ0) is 10.3. The van der Waals surface area contributed by atoms with E-state index in [-0.39, 0.29) is 5.91 Å². The van der Waals surface area contributed by atoms with Crippen LogP contribution in [0.4, 0.5) is 5.13 Å². The van der Waals surface area contributed by atoms with Crippen LogP contribution in [0.5, 0.6) is 0 Å². The highest BCUT2D eigenvalue weighted by Gasteiger charge is 2.11. The van der Waals surface area contributed by atoms with E-state index in [0.29, 0.717) is 5.13 Å². The summed E-state index contributed by atoms with van der Waals surface area (Å²) >= 11 is 3.22. The molecule has 0 bridgehead atoms. The molecular formula is C9H10N2OS2. The average Bonchev–Trinajstić information content (AvgIpc) is 2.54. The second kappa shape index (κ2) is 3.33. The zero-order valence-corrected chi connectivity index (χ0v) is 9.80. The fraction of sp³-hybridized carbons (Fsp3) is 0.333. The summed E-state index contributed by atoms with van der Waals surface area (Å²) in [5.74, 6) is -0.0687. The van der Waals surface area contributed by atoms with Gasteiger partial charge in [-0.25, -0.2) is 4.98 Å². The molecular weight excluding hydrogens is 216 g/mol. The summed E-state index contributed by atoms with van der Waals surface area (Å²) in [5, 5.41) is 3.40. The zero-order valence-electron chi connectivity index (χ0n) is 8.17. The Morgan fingerprint density at radius 1 is 1.36 bits per heavy atom. The van der Waals surface area contributed by atoms with E-state index in [1.165, 1.54) is 22.1 Å². The van der Waals surface area contributed by atoms with Crippen molar-refractivity contribution in [2.24, 2.45) is 0 Å². The van der Waals surface area contributed by atoms with Crippen LogP contribution in [0, 0.1) is 13.8 Å². The van der Waals surface area contributed by atoms with Crippen LogP contribution >= 0.6 is 22.7 Å². The number of carbonyl (C=O) groups is 1. The van der Waals surface area contributed by atoms with E-state index < -0.39 is 0 Å². The second-order valence-corrected chi connectivity index (χ2v) is 5.32. The minimum Gasteiger partial charge on any atom is -0.302 e. The number of nitrogens with one attached hydrogen (secondary N) is 1. The highest BCUT2D eigenvalue weighted by atomic mass is 32.1. The molecule has 0 unspecified atom stereocenters. The lowest BCUT2D eigenvalue weighted by molar-refractivity contribution is -0.114. The third-order valence-corrected chi connectivity index (χ3v) is 4.32. The third kappa shape index (κ3) is 1.53. The van der Waals surface area contributed by atoms with Gasteiger partial charge in [-0.1, -0.05) is 11.3 Å².